The van der Waals surface area contributed by atoms with Crippen molar-refractivity contribution in [3.63, 3.8) is 0 Å². The molecule has 0 spiro atoms. The molecule has 0 atom stereocenters. The lowest BCUT2D eigenvalue weighted by Gasteiger charge is -2.06. The van der Waals surface area contributed by atoms with Crippen LogP contribution in [-0.4, -0.2) is 18.6 Å². The molecule has 0 unspecified atom stereocenters. The number of fused-ring (bicyclic) bond motifs is 1. The molecular formula is C12H13BrN2. The highest BCUT2D eigenvalue weighted by atomic mass is 79.9. The minimum Gasteiger partial charge on any atom is -0.319 e. The Labute approximate surface area is 97.8 Å². The van der Waals surface area contributed by atoms with Crippen LogP contribution in [0, 0.1) is 0 Å². The highest BCUT2D eigenvalue weighted by Gasteiger charge is 2.03. The Morgan fingerprint density at radius 1 is 1.33 bits per heavy atom. The second-order valence-corrected chi connectivity index (χ2v) is 4.31. The predicted octanol–water partition coefficient (Wildman–Crippen LogP) is 2.76. The minimum absolute atomic E-state index is 0.992. The van der Waals surface area contributed by atoms with Crippen molar-refractivity contribution in [2.75, 3.05) is 13.6 Å². The quantitative estimate of drug-likeness (QED) is 0.923. The molecule has 1 aromatic heterocycles. The molecule has 0 saturated carbocycles. The van der Waals surface area contributed by atoms with Crippen molar-refractivity contribution in [1.82, 2.24) is 10.3 Å². The molecule has 2 nitrogen and oxygen atoms in total. The molecule has 0 amide bonds. The van der Waals surface area contributed by atoms with Crippen LogP contribution in [0.5, 0.6) is 0 Å². The SMILES string of the molecule is CNCCc1ccnc2c(Br)cccc12. The number of likely N-dealkylation sites (N-methyl/N-ethyl adjacent to an activating group) is 1. The van der Waals surface area contributed by atoms with Crippen LogP contribution in [0.4, 0.5) is 0 Å². The largest absolute Gasteiger partial charge is 0.319 e. The van der Waals surface area contributed by atoms with E-state index in [1.807, 2.05) is 19.3 Å². The van der Waals surface area contributed by atoms with Crippen molar-refractivity contribution in [1.29, 1.82) is 0 Å². The van der Waals surface area contributed by atoms with Crippen molar-refractivity contribution < 1.29 is 0 Å². The molecule has 0 aliphatic heterocycles. The lowest BCUT2D eigenvalue weighted by atomic mass is 10.1. The third kappa shape index (κ3) is 2.19. The Morgan fingerprint density at radius 3 is 3.00 bits per heavy atom. The van der Waals surface area contributed by atoms with Gasteiger partial charge in [0.05, 0.1) is 5.52 Å². The van der Waals surface area contributed by atoms with E-state index in [9.17, 15) is 0 Å². The van der Waals surface area contributed by atoms with Crippen LogP contribution in [0.2, 0.25) is 0 Å². The smallest absolute Gasteiger partial charge is 0.0846 e. The van der Waals surface area contributed by atoms with Gasteiger partial charge in [0.2, 0.25) is 0 Å². The van der Waals surface area contributed by atoms with E-state index in [2.05, 4.69) is 44.4 Å². The molecule has 0 bridgehead atoms. The van der Waals surface area contributed by atoms with E-state index in [0.717, 1.165) is 23.0 Å². The second kappa shape index (κ2) is 4.73. The summed E-state index contributed by atoms with van der Waals surface area (Å²) in [7, 11) is 1.97. The molecule has 0 aliphatic rings. The molecule has 0 radical (unpaired) electrons. The molecule has 0 saturated heterocycles. The number of hydrogen-bond acceptors (Lipinski definition) is 2. The van der Waals surface area contributed by atoms with Gasteiger partial charge in [-0.3, -0.25) is 4.98 Å². The van der Waals surface area contributed by atoms with Crippen LogP contribution in [-0.2, 0) is 6.42 Å². The molecule has 78 valence electrons. The zero-order chi connectivity index (χ0) is 10.7. The number of nitrogens with one attached hydrogen (secondary N) is 1. The summed E-state index contributed by atoms with van der Waals surface area (Å²) >= 11 is 3.52. The Kier molecular flexibility index (Phi) is 3.34. The summed E-state index contributed by atoms with van der Waals surface area (Å²) in [5, 5.41) is 4.40. The first-order chi connectivity index (χ1) is 7.33. The molecule has 3 heteroatoms. The molecule has 1 aromatic carbocycles. The maximum absolute atomic E-state index is 4.38. The zero-order valence-corrected chi connectivity index (χ0v) is 10.2. The van der Waals surface area contributed by atoms with Crippen LogP contribution >= 0.6 is 15.9 Å². The van der Waals surface area contributed by atoms with Gasteiger partial charge in [-0.25, -0.2) is 0 Å². The Hall–Kier alpha value is -0.930. The second-order valence-electron chi connectivity index (χ2n) is 3.46. The number of benzene rings is 1. The Morgan fingerprint density at radius 2 is 2.20 bits per heavy atom. The average Bonchev–Trinajstić information content (AvgIpc) is 2.27. The fourth-order valence-electron chi connectivity index (χ4n) is 1.67. The standard InChI is InChI=1S/C12H13BrN2/c1-14-7-5-9-6-8-15-12-10(9)3-2-4-11(12)13/h2-4,6,8,14H,5,7H2,1H3. The van der Waals surface area contributed by atoms with Gasteiger partial charge in [-0.15, -0.1) is 0 Å². The van der Waals surface area contributed by atoms with Crippen molar-refractivity contribution in [2.45, 2.75) is 6.42 Å². The van der Waals surface area contributed by atoms with E-state index in [-0.39, 0.29) is 0 Å². The molecule has 2 aromatic rings. The van der Waals surface area contributed by atoms with Crippen LogP contribution in [0.15, 0.2) is 34.9 Å². The van der Waals surface area contributed by atoms with Crippen LogP contribution in [0.25, 0.3) is 10.9 Å². The first-order valence-corrected chi connectivity index (χ1v) is 5.79. The fourth-order valence-corrected chi connectivity index (χ4v) is 2.14. The summed E-state index contributed by atoms with van der Waals surface area (Å²) in [6, 6.07) is 8.29. The maximum Gasteiger partial charge on any atom is 0.0846 e. The van der Waals surface area contributed by atoms with Crippen LogP contribution in [0.3, 0.4) is 0 Å². The van der Waals surface area contributed by atoms with Crippen molar-refractivity contribution >= 4 is 26.8 Å². The summed E-state index contributed by atoms with van der Waals surface area (Å²) in [4.78, 5) is 4.38. The molecule has 0 fully saturated rings. The van der Waals surface area contributed by atoms with Gasteiger partial charge in [0, 0.05) is 16.1 Å². The molecule has 2 rings (SSSR count). The third-order valence-corrected chi connectivity index (χ3v) is 3.10. The number of hydrogen-bond donors (Lipinski definition) is 1. The summed E-state index contributed by atoms with van der Waals surface area (Å²) < 4.78 is 1.06. The van der Waals surface area contributed by atoms with E-state index in [1.54, 1.807) is 0 Å². The van der Waals surface area contributed by atoms with Crippen LogP contribution in [0.1, 0.15) is 5.56 Å². The van der Waals surface area contributed by atoms with Crippen LogP contribution < -0.4 is 5.32 Å². The molecule has 0 aliphatic carbocycles. The van der Waals surface area contributed by atoms with Gasteiger partial charge in [0.1, 0.15) is 0 Å². The van der Waals surface area contributed by atoms with Crippen molar-refractivity contribution in [3.8, 4) is 0 Å². The zero-order valence-electron chi connectivity index (χ0n) is 8.63. The van der Waals surface area contributed by atoms with E-state index >= 15 is 0 Å². The highest BCUT2D eigenvalue weighted by molar-refractivity contribution is 9.10. The lowest BCUT2D eigenvalue weighted by Crippen LogP contribution is -2.10. The maximum atomic E-state index is 4.38. The number of aromatic nitrogens is 1. The van der Waals surface area contributed by atoms with Gasteiger partial charge in [0.25, 0.3) is 0 Å². The Bertz CT molecular complexity index is 468. The summed E-state index contributed by atoms with van der Waals surface area (Å²) in [5.74, 6) is 0. The van der Waals surface area contributed by atoms with Gasteiger partial charge < -0.3 is 5.32 Å². The van der Waals surface area contributed by atoms with Gasteiger partial charge in [-0.2, -0.15) is 0 Å². The van der Waals surface area contributed by atoms with E-state index in [4.69, 9.17) is 0 Å². The van der Waals surface area contributed by atoms with Gasteiger partial charge in [0.15, 0.2) is 0 Å². The predicted molar refractivity (Wildman–Crippen MR) is 67.1 cm³/mol. The fraction of sp³-hybridized carbons (Fsp3) is 0.250. The molecular weight excluding hydrogens is 252 g/mol. The number of para-hydroxylation sites is 1. The normalized spacial score (nSPS) is 10.8. The monoisotopic (exact) mass is 264 g/mol. The van der Waals surface area contributed by atoms with Crippen molar-refractivity contribution in [2.24, 2.45) is 0 Å². The van der Waals surface area contributed by atoms with Gasteiger partial charge >= 0.3 is 0 Å². The number of halogens is 1. The van der Waals surface area contributed by atoms with E-state index in [0.29, 0.717) is 0 Å². The van der Waals surface area contributed by atoms with Gasteiger partial charge in [-0.05, 0) is 53.6 Å². The third-order valence-electron chi connectivity index (χ3n) is 2.46. The summed E-state index contributed by atoms with van der Waals surface area (Å²) in [5.41, 5.74) is 2.39. The topological polar surface area (TPSA) is 24.9 Å². The lowest BCUT2D eigenvalue weighted by molar-refractivity contribution is 0.794. The summed E-state index contributed by atoms with van der Waals surface area (Å²) in [6.45, 7) is 0.992. The first-order valence-electron chi connectivity index (χ1n) is 4.99. The van der Waals surface area contributed by atoms with Crippen molar-refractivity contribution in [3.05, 3.63) is 40.5 Å². The van der Waals surface area contributed by atoms with E-state index in [1.165, 1.54) is 10.9 Å². The first kappa shape index (κ1) is 10.6. The average molecular weight is 265 g/mol. The number of nitrogens with zero attached hydrogens (tertiary/aromatic N) is 1. The molecule has 1 heterocycles. The van der Waals surface area contributed by atoms with Gasteiger partial charge in [-0.1, -0.05) is 12.1 Å². The number of rotatable bonds is 3. The molecule has 15 heavy (non-hydrogen) atoms. The number of pyridine rings is 1. The summed E-state index contributed by atoms with van der Waals surface area (Å²) in [6.07, 6.45) is 2.91. The Balaban J connectivity index is 2.51. The van der Waals surface area contributed by atoms with E-state index < -0.39 is 0 Å². The molecule has 1 N–H and O–H groups in total. The highest BCUT2D eigenvalue weighted by Crippen LogP contribution is 2.24. The minimum atomic E-state index is 0.992.